The molecule has 0 N–H and O–H groups in total. The zero-order chi connectivity index (χ0) is 12.4. The van der Waals surface area contributed by atoms with Crippen LogP contribution in [0.3, 0.4) is 0 Å². The predicted molar refractivity (Wildman–Crippen MR) is 76.1 cm³/mol. The van der Waals surface area contributed by atoms with Crippen molar-refractivity contribution in [2.75, 3.05) is 17.2 Å². The fraction of sp³-hybridized carbons (Fsp3) is 0.533. The average molecular weight is 261 g/mol. The van der Waals surface area contributed by atoms with Gasteiger partial charge in [-0.05, 0) is 37.1 Å². The predicted octanol–water partition coefficient (Wildman–Crippen LogP) is 3.71. The van der Waals surface area contributed by atoms with Gasteiger partial charge in [0.15, 0.2) is 0 Å². The van der Waals surface area contributed by atoms with Crippen molar-refractivity contribution in [2.45, 2.75) is 37.0 Å². The van der Waals surface area contributed by atoms with Gasteiger partial charge in [-0.25, -0.2) is 0 Å². The van der Waals surface area contributed by atoms with E-state index in [-0.39, 0.29) is 5.92 Å². The van der Waals surface area contributed by atoms with Crippen molar-refractivity contribution in [2.24, 2.45) is 5.92 Å². The number of fused-ring (bicyclic) bond motifs is 1. The molecule has 1 aliphatic heterocycles. The van der Waals surface area contributed by atoms with Crippen LogP contribution in [-0.4, -0.2) is 18.2 Å². The third-order valence-electron chi connectivity index (χ3n) is 3.91. The third-order valence-corrected chi connectivity index (χ3v) is 5.06. The molecule has 0 aromatic heterocycles. The maximum absolute atomic E-state index is 12.6. The first-order valence-corrected chi connectivity index (χ1v) is 7.88. The van der Waals surface area contributed by atoms with Crippen LogP contribution in [0, 0.1) is 5.92 Å². The Kier molecular flexibility index (Phi) is 3.59. The molecule has 1 aromatic rings. The highest BCUT2D eigenvalue weighted by molar-refractivity contribution is 7.99. The molecular weight excluding hydrogens is 242 g/mol. The molecule has 96 valence electrons. The summed E-state index contributed by atoms with van der Waals surface area (Å²) in [6.07, 6.45) is 5.72. The topological polar surface area (TPSA) is 20.3 Å². The lowest BCUT2D eigenvalue weighted by Crippen LogP contribution is -2.36. The maximum Gasteiger partial charge on any atom is 0.230 e. The normalized spacial score (nSPS) is 20.6. The molecule has 1 fully saturated rings. The van der Waals surface area contributed by atoms with E-state index in [4.69, 9.17) is 0 Å². The van der Waals surface area contributed by atoms with Gasteiger partial charge in [0.25, 0.3) is 0 Å². The zero-order valence-corrected chi connectivity index (χ0v) is 11.4. The van der Waals surface area contributed by atoms with Crippen LogP contribution in [-0.2, 0) is 4.79 Å². The number of thioether (sulfide) groups is 1. The second kappa shape index (κ2) is 5.35. The van der Waals surface area contributed by atoms with Crippen molar-refractivity contribution in [1.82, 2.24) is 0 Å². The third kappa shape index (κ3) is 2.28. The van der Waals surface area contributed by atoms with Crippen LogP contribution >= 0.6 is 11.8 Å². The van der Waals surface area contributed by atoms with Gasteiger partial charge in [0.2, 0.25) is 5.91 Å². The van der Waals surface area contributed by atoms with Gasteiger partial charge in [-0.15, -0.1) is 11.8 Å². The lowest BCUT2D eigenvalue weighted by atomic mass is 10.1. The molecule has 1 amide bonds. The molecule has 3 heteroatoms. The lowest BCUT2D eigenvalue weighted by molar-refractivity contribution is -0.122. The summed E-state index contributed by atoms with van der Waals surface area (Å²) in [4.78, 5) is 15.9. The standard InChI is InChI=1S/C15H19NOS/c17-15(12-6-1-2-7-12)16-10-5-11-18-14-9-4-3-8-13(14)16/h3-4,8-9,12H,1-2,5-7,10-11H2. The van der Waals surface area contributed by atoms with E-state index in [2.05, 4.69) is 18.2 Å². The number of carbonyl (C=O) groups excluding carboxylic acids is 1. The molecule has 0 saturated heterocycles. The first-order chi connectivity index (χ1) is 8.86. The average Bonchev–Trinajstić information content (AvgIpc) is 2.85. The molecule has 1 aliphatic carbocycles. The number of hydrogen-bond donors (Lipinski definition) is 0. The summed E-state index contributed by atoms with van der Waals surface area (Å²) >= 11 is 1.88. The Balaban J connectivity index is 1.88. The van der Waals surface area contributed by atoms with E-state index in [9.17, 15) is 4.79 Å². The van der Waals surface area contributed by atoms with Gasteiger partial charge in [0, 0.05) is 17.4 Å². The minimum atomic E-state index is 0.279. The number of nitrogens with zero attached hydrogens (tertiary/aromatic N) is 1. The summed E-state index contributed by atoms with van der Waals surface area (Å²) in [6.45, 7) is 0.888. The second-order valence-corrected chi connectivity index (χ2v) is 6.28. The lowest BCUT2D eigenvalue weighted by Gasteiger charge is -2.25. The molecule has 0 atom stereocenters. The second-order valence-electron chi connectivity index (χ2n) is 5.14. The Morgan fingerprint density at radius 3 is 2.78 bits per heavy atom. The van der Waals surface area contributed by atoms with E-state index in [0.29, 0.717) is 5.91 Å². The summed E-state index contributed by atoms with van der Waals surface area (Å²) in [5, 5.41) is 0. The van der Waals surface area contributed by atoms with Gasteiger partial charge in [0.1, 0.15) is 0 Å². The Hall–Kier alpha value is -0.960. The van der Waals surface area contributed by atoms with E-state index >= 15 is 0 Å². The van der Waals surface area contributed by atoms with Gasteiger partial charge in [-0.2, -0.15) is 0 Å². The Labute approximate surface area is 113 Å². The number of para-hydroxylation sites is 1. The van der Waals surface area contributed by atoms with Crippen LogP contribution in [0.5, 0.6) is 0 Å². The molecule has 3 rings (SSSR count). The van der Waals surface area contributed by atoms with Crippen molar-refractivity contribution in [3.05, 3.63) is 24.3 Å². The summed E-state index contributed by atoms with van der Waals surface area (Å²) < 4.78 is 0. The number of carbonyl (C=O) groups is 1. The Bertz CT molecular complexity index is 440. The molecule has 2 nitrogen and oxygen atoms in total. The monoisotopic (exact) mass is 261 g/mol. The molecule has 0 spiro atoms. The first kappa shape index (κ1) is 12.1. The highest BCUT2D eigenvalue weighted by Gasteiger charge is 2.29. The van der Waals surface area contributed by atoms with Crippen molar-refractivity contribution < 1.29 is 4.79 Å². The van der Waals surface area contributed by atoms with Crippen molar-refractivity contribution >= 4 is 23.4 Å². The van der Waals surface area contributed by atoms with Gasteiger partial charge in [-0.1, -0.05) is 25.0 Å². The van der Waals surface area contributed by atoms with E-state index in [1.807, 2.05) is 22.7 Å². The molecule has 2 aliphatic rings. The largest absolute Gasteiger partial charge is 0.311 e. The SMILES string of the molecule is O=C(C1CCCC1)N1CCCSc2ccccc21. The first-order valence-electron chi connectivity index (χ1n) is 6.89. The van der Waals surface area contributed by atoms with Gasteiger partial charge < -0.3 is 4.90 Å². The smallest absolute Gasteiger partial charge is 0.230 e. The Morgan fingerprint density at radius 2 is 1.94 bits per heavy atom. The summed E-state index contributed by atoms with van der Waals surface area (Å²) in [5.74, 6) is 1.76. The summed E-state index contributed by atoms with van der Waals surface area (Å²) in [6, 6.07) is 8.34. The quantitative estimate of drug-likeness (QED) is 0.768. The zero-order valence-electron chi connectivity index (χ0n) is 10.6. The molecule has 0 unspecified atom stereocenters. The summed E-state index contributed by atoms with van der Waals surface area (Å²) in [7, 11) is 0. The number of rotatable bonds is 1. The molecular formula is C15H19NOS. The van der Waals surface area contributed by atoms with Crippen molar-refractivity contribution in [3.63, 3.8) is 0 Å². The van der Waals surface area contributed by atoms with Gasteiger partial charge in [0.05, 0.1) is 5.69 Å². The molecule has 18 heavy (non-hydrogen) atoms. The van der Waals surface area contributed by atoms with Crippen molar-refractivity contribution in [1.29, 1.82) is 0 Å². The van der Waals surface area contributed by atoms with Crippen LogP contribution in [0.15, 0.2) is 29.2 Å². The molecule has 1 heterocycles. The Morgan fingerprint density at radius 1 is 1.17 bits per heavy atom. The summed E-state index contributed by atoms with van der Waals surface area (Å²) in [5.41, 5.74) is 1.14. The van der Waals surface area contributed by atoms with Crippen LogP contribution in [0.1, 0.15) is 32.1 Å². The van der Waals surface area contributed by atoms with E-state index < -0.39 is 0 Å². The van der Waals surface area contributed by atoms with E-state index in [0.717, 1.165) is 37.2 Å². The molecule has 1 saturated carbocycles. The minimum Gasteiger partial charge on any atom is -0.311 e. The highest BCUT2D eigenvalue weighted by atomic mass is 32.2. The number of anilines is 1. The number of amides is 1. The fourth-order valence-electron chi connectivity index (χ4n) is 2.95. The van der Waals surface area contributed by atoms with Crippen molar-refractivity contribution in [3.8, 4) is 0 Å². The van der Waals surface area contributed by atoms with Crippen LogP contribution < -0.4 is 4.90 Å². The van der Waals surface area contributed by atoms with E-state index in [1.165, 1.54) is 17.7 Å². The number of hydrogen-bond acceptors (Lipinski definition) is 2. The number of benzene rings is 1. The van der Waals surface area contributed by atoms with Crippen LogP contribution in [0.2, 0.25) is 0 Å². The molecule has 0 radical (unpaired) electrons. The molecule has 1 aromatic carbocycles. The minimum absolute atomic E-state index is 0.279. The highest BCUT2D eigenvalue weighted by Crippen LogP contribution is 2.36. The van der Waals surface area contributed by atoms with Gasteiger partial charge >= 0.3 is 0 Å². The van der Waals surface area contributed by atoms with Crippen LogP contribution in [0.25, 0.3) is 0 Å². The van der Waals surface area contributed by atoms with E-state index in [1.54, 1.807) is 0 Å². The maximum atomic E-state index is 12.6. The molecule has 0 bridgehead atoms. The fourth-order valence-corrected chi connectivity index (χ4v) is 3.94. The van der Waals surface area contributed by atoms with Gasteiger partial charge in [-0.3, -0.25) is 4.79 Å². The van der Waals surface area contributed by atoms with Crippen LogP contribution in [0.4, 0.5) is 5.69 Å².